The Kier molecular flexibility index (Phi) is 4.77. The van der Waals surface area contributed by atoms with Gasteiger partial charge in [-0.15, -0.1) is 0 Å². The Morgan fingerprint density at radius 3 is 2.38 bits per heavy atom. The van der Waals surface area contributed by atoms with E-state index in [1.807, 2.05) is 12.2 Å². The molecular weight excluding hydrogens is 376 g/mol. The highest BCUT2D eigenvalue weighted by molar-refractivity contribution is 6.08. The number of carbonyl (C=O) groups excluding carboxylic acids is 5. The van der Waals surface area contributed by atoms with Gasteiger partial charge >= 0.3 is 5.97 Å². The van der Waals surface area contributed by atoms with Gasteiger partial charge < -0.3 is 10.1 Å². The smallest absolute Gasteiger partial charge is 0.326 e. The summed E-state index contributed by atoms with van der Waals surface area (Å²) in [5, 5.41) is 2.53. The second-order valence-corrected chi connectivity index (χ2v) is 7.61. The number of carbonyl (C=O) groups is 5. The van der Waals surface area contributed by atoms with Crippen LogP contribution in [0.25, 0.3) is 0 Å². The zero-order valence-electron chi connectivity index (χ0n) is 15.8. The van der Waals surface area contributed by atoms with Crippen LogP contribution in [-0.2, 0) is 23.9 Å². The van der Waals surface area contributed by atoms with Crippen molar-refractivity contribution in [1.29, 1.82) is 0 Å². The van der Waals surface area contributed by atoms with Crippen molar-refractivity contribution >= 4 is 35.2 Å². The number of ether oxygens (including phenoxy) is 1. The molecule has 3 amide bonds. The molecule has 8 nitrogen and oxygen atoms in total. The van der Waals surface area contributed by atoms with Crippen LogP contribution in [0.5, 0.6) is 0 Å². The van der Waals surface area contributed by atoms with Gasteiger partial charge in [-0.2, -0.15) is 0 Å². The number of nitrogens with zero attached hydrogens (tertiary/aromatic N) is 1. The average molecular weight is 396 g/mol. The maximum Gasteiger partial charge on any atom is 0.326 e. The largest absolute Gasteiger partial charge is 0.454 e. The van der Waals surface area contributed by atoms with Gasteiger partial charge in [-0.25, -0.2) is 0 Å². The van der Waals surface area contributed by atoms with Gasteiger partial charge in [0.15, 0.2) is 12.4 Å². The standard InChI is InChI=1S/C21H20N2O6/c1-11(24)12-3-2-4-15(8-12)22-16(25)10-29-17(26)9-23-20(27)18-13-5-6-14(7-13)19(18)21(23)28/h2-6,8,13-14,18-19H,7,9-10H2,1H3,(H,22,25)/t13-,14+,18-,19-/m0/s1. The lowest BCUT2D eigenvalue weighted by Gasteiger charge is -2.16. The van der Waals surface area contributed by atoms with Gasteiger partial charge in [0, 0.05) is 11.3 Å². The minimum Gasteiger partial charge on any atom is -0.454 e. The number of benzene rings is 1. The van der Waals surface area contributed by atoms with Gasteiger partial charge in [0.2, 0.25) is 11.8 Å². The number of hydrogen-bond donors (Lipinski definition) is 1. The fourth-order valence-corrected chi connectivity index (χ4v) is 4.45. The first kappa shape index (κ1) is 19.0. The van der Waals surface area contributed by atoms with Crippen molar-refractivity contribution < 1.29 is 28.7 Å². The summed E-state index contributed by atoms with van der Waals surface area (Å²) in [5.41, 5.74) is 0.847. The molecule has 2 aliphatic carbocycles. The number of imide groups is 1. The molecule has 1 heterocycles. The quantitative estimate of drug-likeness (QED) is 0.335. The number of hydrogen-bond acceptors (Lipinski definition) is 6. The fourth-order valence-electron chi connectivity index (χ4n) is 4.45. The topological polar surface area (TPSA) is 110 Å². The van der Waals surface area contributed by atoms with E-state index in [1.54, 1.807) is 18.2 Å². The number of ketones is 1. The molecule has 2 fully saturated rings. The van der Waals surface area contributed by atoms with Gasteiger partial charge in [0.1, 0.15) is 6.54 Å². The van der Waals surface area contributed by atoms with E-state index in [-0.39, 0.29) is 41.3 Å². The maximum atomic E-state index is 12.5. The maximum absolute atomic E-state index is 12.5. The molecule has 8 heteroatoms. The van der Waals surface area contributed by atoms with E-state index >= 15 is 0 Å². The Labute approximate surface area is 166 Å². The summed E-state index contributed by atoms with van der Waals surface area (Å²) in [6.07, 6.45) is 4.77. The second-order valence-electron chi connectivity index (χ2n) is 7.61. The van der Waals surface area contributed by atoms with Crippen LogP contribution in [0.15, 0.2) is 36.4 Å². The summed E-state index contributed by atoms with van der Waals surface area (Å²) >= 11 is 0. The van der Waals surface area contributed by atoms with E-state index in [0.717, 1.165) is 11.3 Å². The summed E-state index contributed by atoms with van der Waals surface area (Å²) in [7, 11) is 0. The predicted octanol–water partition coefficient (Wildman–Crippen LogP) is 1.18. The minimum absolute atomic E-state index is 0.0685. The third kappa shape index (κ3) is 3.46. The van der Waals surface area contributed by atoms with Gasteiger partial charge in [0.05, 0.1) is 11.8 Å². The van der Waals surface area contributed by atoms with Gasteiger partial charge in [-0.3, -0.25) is 28.9 Å². The van der Waals surface area contributed by atoms with Crippen LogP contribution >= 0.6 is 0 Å². The van der Waals surface area contributed by atoms with Crippen LogP contribution < -0.4 is 5.32 Å². The third-order valence-corrected chi connectivity index (χ3v) is 5.77. The van der Waals surface area contributed by atoms with Crippen molar-refractivity contribution in [3.63, 3.8) is 0 Å². The molecule has 1 aliphatic heterocycles. The molecule has 29 heavy (non-hydrogen) atoms. The number of nitrogens with one attached hydrogen (secondary N) is 1. The fraction of sp³-hybridized carbons (Fsp3) is 0.381. The van der Waals surface area contributed by atoms with Crippen molar-refractivity contribution in [3.05, 3.63) is 42.0 Å². The van der Waals surface area contributed by atoms with Crippen LogP contribution in [-0.4, -0.2) is 47.5 Å². The molecule has 1 aromatic rings. The molecule has 0 radical (unpaired) electrons. The number of Topliss-reactive ketones (excluding diaryl/α,β-unsaturated/α-hetero) is 1. The monoisotopic (exact) mass is 396 g/mol. The SMILES string of the molecule is CC(=O)c1cccc(NC(=O)COC(=O)CN2C(=O)[C@@H]3[C@@H](C2=O)[C@H]2C=C[C@@H]3C2)c1. The Morgan fingerprint density at radius 1 is 1.10 bits per heavy atom. The summed E-state index contributed by atoms with van der Waals surface area (Å²) in [5.74, 6) is -2.82. The Bertz CT molecular complexity index is 922. The van der Waals surface area contributed by atoms with Crippen LogP contribution in [0.2, 0.25) is 0 Å². The van der Waals surface area contributed by atoms with Crippen LogP contribution in [0.3, 0.4) is 0 Å². The molecule has 0 aromatic heterocycles. The molecule has 3 aliphatic rings. The lowest BCUT2D eigenvalue weighted by molar-refractivity contribution is -0.154. The number of esters is 1. The van der Waals surface area contributed by atoms with Crippen LogP contribution in [0.1, 0.15) is 23.7 Å². The molecule has 2 bridgehead atoms. The Morgan fingerprint density at radius 2 is 1.76 bits per heavy atom. The van der Waals surface area contributed by atoms with E-state index in [4.69, 9.17) is 4.74 Å². The minimum atomic E-state index is -0.820. The molecule has 4 rings (SSSR count). The Hall–Kier alpha value is -3.29. The van der Waals surface area contributed by atoms with Crippen LogP contribution in [0.4, 0.5) is 5.69 Å². The number of rotatable bonds is 6. The van der Waals surface area contributed by atoms with Crippen molar-refractivity contribution in [1.82, 2.24) is 4.90 Å². The van der Waals surface area contributed by atoms with Crippen molar-refractivity contribution in [2.75, 3.05) is 18.5 Å². The van der Waals surface area contributed by atoms with E-state index in [9.17, 15) is 24.0 Å². The predicted molar refractivity (Wildman–Crippen MR) is 100 cm³/mol. The van der Waals surface area contributed by atoms with E-state index in [0.29, 0.717) is 11.3 Å². The van der Waals surface area contributed by atoms with Gasteiger partial charge in [0.25, 0.3) is 5.91 Å². The molecule has 1 saturated heterocycles. The highest BCUT2D eigenvalue weighted by atomic mass is 16.5. The second kappa shape index (κ2) is 7.27. The van der Waals surface area contributed by atoms with Gasteiger partial charge in [-0.1, -0.05) is 24.3 Å². The van der Waals surface area contributed by atoms with Crippen molar-refractivity contribution in [3.8, 4) is 0 Å². The van der Waals surface area contributed by atoms with Gasteiger partial charge in [-0.05, 0) is 37.3 Å². The number of fused-ring (bicyclic) bond motifs is 5. The van der Waals surface area contributed by atoms with E-state index in [1.165, 1.54) is 13.0 Å². The first-order valence-corrected chi connectivity index (χ1v) is 9.45. The average Bonchev–Trinajstić information content (AvgIpc) is 3.37. The molecule has 1 saturated carbocycles. The summed E-state index contributed by atoms with van der Waals surface area (Å²) in [6, 6.07) is 6.38. The lowest BCUT2D eigenvalue weighted by Crippen LogP contribution is -2.38. The molecule has 4 atom stereocenters. The number of allylic oxidation sites excluding steroid dienone is 2. The molecular formula is C21H20N2O6. The first-order valence-electron chi connectivity index (χ1n) is 9.45. The highest BCUT2D eigenvalue weighted by Gasteiger charge is 2.59. The van der Waals surface area contributed by atoms with E-state index in [2.05, 4.69) is 5.32 Å². The first-order chi connectivity index (χ1) is 13.8. The number of likely N-dealkylation sites (tertiary alicyclic amines) is 1. The molecule has 0 spiro atoms. The molecule has 1 N–H and O–H groups in total. The molecule has 1 aromatic carbocycles. The van der Waals surface area contributed by atoms with Crippen molar-refractivity contribution in [2.45, 2.75) is 13.3 Å². The number of amides is 3. The Balaban J connectivity index is 1.29. The zero-order valence-corrected chi connectivity index (χ0v) is 15.8. The lowest BCUT2D eigenvalue weighted by atomic mass is 9.85. The summed E-state index contributed by atoms with van der Waals surface area (Å²) in [6.45, 7) is 0.371. The number of anilines is 1. The normalized spacial score (nSPS) is 26.6. The summed E-state index contributed by atoms with van der Waals surface area (Å²) < 4.78 is 4.92. The van der Waals surface area contributed by atoms with Crippen LogP contribution in [0, 0.1) is 23.7 Å². The zero-order chi connectivity index (χ0) is 20.7. The van der Waals surface area contributed by atoms with E-state index < -0.39 is 25.0 Å². The molecule has 0 unspecified atom stereocenters. The van der Waals surface area contributed by atoms with Crippen molar-refractivity contribution in [2.24, 2.45) is 23.7 Å². The highest BCUT2D eigenvalue weighted by Crippen LogP contribution is 2.52. The molecule has 150 valence electrons. The summed E-state index contributed by atoms with van der Waals surface area (Å²) in [4.78, 5) is 61.5. The third-order valence-electron chi connectivity index (χ3n) is 5.77.